The summed E-state index contributed by atoms with van der Waals surface area (Å²) in [6.07, 6.45) is 1.65. The van der Waals surface area contributed by atoms with Crippen molar-refractivity contribution in [1.29, 1.82) is 0 Å². The lowest BCUT2D eigenvalue weighted by Crippen LogP contribution is -2.48. The number of rotatable bonds is 15. The van der Waals surface area contributed by atoms with Gasteiger partial charge in [-0.25, -0.2) is 0 Å². The molecule has 0 aliphatic rings. The smallest absolute Gasteiger partial charge is 0.200 e. The second-order valence-electron chi connectivity index (χ2n) is 8.54. The number of methoxy groups -OCH3 is 1. The summed E-state index contributed by atoms with van der Waals surface area (Å²) in [7, 11) is -0.298. The van der Waals surface area contributed by atoms with Gasteiger partial charge in [0.05, 0.1) is 20.3 Å². The summed E-state index contributed by atoms with van der Waals surface area (Å²) in [6, 6.07) is 7.74. The van der Waals surface area contributed by atoms with E-state index >= 15 is 0 Å². The van der Waals surface area contributed by atoms with Crippen molar-refractivity contribution < 1.29 is 23.4 Å². The van der Waals surface area contributed by atoms with Crippen molar-refractivity contribution in [3.05, 3.63) is 29.8 Å². The first-order valence-electron chi connectivity index (χ1n) is 10.7. The average molecular weight is 425 g/mol. The molecule has 1 aromatic rings. The van der Waals surface area contributed by atoms with E-state index in [1.165, 1.54) is 0 Å². The SMILES string of the molecule is COc1ccc(COCOCC[C@@H](C=O)CO[Si](C(C)C)(C(C)C)C(C)C)cc1. The second-order valence-corrected chi connectivity index (χ2v) is 14.0. The highest BCUT2D eigenvalue weighted by Crippen LogP contribution is 2.42. The molecule has 1 rings (SSSR count). The average Bonchev–Trinajstić information content (AvgIpc) is 2.68. The van der Waals surface area contributed by atoms with E-state index < -0.39 is 8.32 Å². The zero-order valence-corrected chi connectivity index (χ0v) is 20.3. The summed E-state index contributed by atoms with van der Waals surface area (Å²) >= 11 is 0. The van der Waals surface area contributed by atoms with Gasteiger partial charge in [0.1, 0.15) is 18.8 Å². The van der Waals surface area contributed by atoms with Gasteiger partial charge in [-0.1, -0.05) is 53.7 Å². The molecule has 0 aromatic heterocycles. The van der Waals surface area contributed by atoms with Gasteiger partial charge in [-0.15, -0.1) is 0 Å². The maximum Gasteiger partial charge on any atom is 0.200 e. The van der Waals surface area contributed by atoms with Gasteiger partial charge >= 0.3 is 0 Å². The molecule has 0 bridgehead atoms. The maximum atomic E-state index is 11.5. The van der Waals surface area contributed by atoms with E-state index in [0.717, 1.165) is 17.6 Å². The molecular formula is C23H40O5Si. The molecule has 0 fully saturated rings. The number of hydrogen-bond donors (Lipinski definition) is 0. The van der Waals surface area contributed by atoms with E-state index in [-0.39, 0.29) is 12.7 Å². The van der Waals surface area contributed by atoms with Crippen molar-refractivity contribution in [3.8, 4) is 5.75 Å². The third-order valence-corrected chi connectivity index (χ3v) is 11.8. The molecule has 0 radical (unpaired) electrons. The molecule has 0 unspecified atom stereocenters. The van der Waals surface area contributed by atoms with Crippen molar-refractivity contribution in [2.75, 3.05) is 27.1 Å². The van der Waals surface area contributed by atoms with E-state index in [1.807, 2.05) is 24.3 Å². The highest BCUT2D eigenvalue weighted by molar-refractivity contribution is 6.77. The number of ether oxygens (including phenoxy) is 3. The number of benzene rings is 1. The lowest BCUT2D eigenvalue weighted by atomic mass is 10.1. The van der Waals surface area contributed by atoms with Crippen LogP contribution in [0, 0.1) is 5.92 Å². The highest BCUT2D eigenvalue weighted by Gasteiger charge is 2.45. The quantitative estimate of drug-likeness (QED) is 0.159. The van der Waals surface area contributed by atoms with Gasteiger partial charge in [0.15, 0.2) is 8.32 Å². The molecule has 1 atom stereocenters. The standard InChI is InChI=1S/C23H40O5Si/c1-18(2)29(19(3)4,20(5)6)28-16-22(14-24)12-13-26-17-27-15-21-8-10-23(25-7)11-9-21/h8-11,14,18-20,22H,12-13,15-17H2,1-7H3/t22-/m0/s1. The van der Waals surface area contributed by atoms with Crippen molar-refractivity contribution in [1.82, 2.24) is 0 Å². The molecular weight excluding hydrogens is 384 g/mol. The van der Waals surface area contributed by atoms with Gasteiger partial charge in [-0.05, 0) is 40.7 Å². The molecule has 166 valence electrons. The number of aldehydes is 1. The van der Waals surface area contributed by atoms with Crippen LogP contribution in [0.4, 0.5) is 0 Å². The van der Waals surface area contributed by atoms with Crippen LogP contribution < -0.4 is 4.74 Å². The van der Waals surface area contributed by atoms with Crippen molar-refractivity contribution in [2.45, 2.75) is 71.2 Å². The lowest BCUT2D eigenvalue weighted by Gasteiger charge is -2.42. The zero-order chi connectivity index (χ0) is 21.9. The van der Waals surface area contributed by atoms with Crippen LogP contribution in [0.5, 0.6) is 5.75 Å². The molecule has 0 amide bonds. The molecule has 5 nitrogen and oxygen atoms in total. The number of carbonyl (C=O) groups is 1. The Balaban J connectivity index is 2.35. The Bertz CT molecular complexity index is 549. The minimum Gasteiger partial charge on any atom is -0.497 e. The van der Waals surface area contributed by atoms with Gasteiger partial charge < -0.3 is 23.4 Å². The van der Waals surface area contributed by atoms with Crippen LogP contribution in [0.25, 0.3) is 0 Å². The fourth-order valence-corrected chi connectivity index (χ4v) is 9.68. The fraction of sp³-hybridized carbons (Fsp3) is 0.696. The minimum atomic E-state index is -1.94. The number of carbonyl (C=O) groups excluding carboxylic acids is 1. The minimum absolute atomic E-state index is 0.139. The van der Waals surface area contributed by atoms with E-state index in [9.17, 15) is 4.79 Å². The van der Waals surface area contributed by atoms with Crippen molar-refractivity contribution in [2.24, 2.45) is 5.92 Å². The Morgan fingerprint density at radius 2 is 1.52 bits per heavy atom. The summed E-state index contributed by atoms with van der Waals surface area (Å²) in [5.74, 6) is 0.686. The summed E-state index contributed by atoms with van der Waals surface area (Å²) < 4.78 is 22.8. The summed E-state index contributed by atoms with van der Waals surface area (Å²) in [6.45, 7) is 15.2. The Morgan fingerprint density at radius 1 is 0.931 bits per heavy atom. The molecule has 0 saturated heterocycles. The Kier molecular flexibility index (Phi) is 11.7. The van der Waals surface area contributed by atoms with Crippen LogP contribution in [0.3, 0.4) is 0 Å². The number of hydrogen-bond acceptors (Lipinski definition) is 5. The Labute approximate surface area is 178 Å². The van der Waals surface area contributed by atoms with Crippen LogP contribution >= 0.6 is 0 Å². The largest absolute Gasteiger partial charge is 0.497 e. The third-order valence-electron chi connectivity index (χ3n) is 5.67. The normalized spacial score (nSPS) is 13.3. The van der Waals surface area contributed by atoms with Gasteiger partial charge in [0, 0.05) is 12.5 Å². The van der Waals surface area contributed by atoms with Crippen LogP contribution in [0.2, 0.25) is 16.6 Å². The maximum absolute atomic E-state index is 11.5. The first kappa shape index (κ1) is 25.8. The topological polar surface area (TPSA) is 54.0 Å². The molecule has 0 aliphatic carbocycles. The van der Waals surface area contributed by atoms with Crippen molar-refractivity contribution >= 4 is 14.6 Å². The predicted octanol–water partition coefficient (Wildman–Crippen LogP) is 5.58. The summed E-state index contributed by atoms with van der Waals surface area (Å²) in [5.41, 5.74) is 2.60. The summed E-state index contributed by atoms with van der Waals surface area (Å²) in [4.78, 5) is 11.5. The molecule has 0 heterocycles. The molecule has 0 aliphatic heterocycles. The van der Waals surface area contributed by atoms with E-state index in [2.05, 4.69) is 41.5 Å². The molecule has 1 aromatic carbocycles. The monoisotopic (exact) mass is 424 g/mol. The summed E-state index contributed by atoms with van der Waals surface area (Å²) in [5, 5.41) is 0. The fourth-order valence-electron chi connectivity index (χ4n) is 4.18. The molecule has 29 heavy (non-hydrogen) atoms. The first-order chi connectivity index (χ1) is 13.8. The lowest BCUT2D eigenvalue weighted by molar-refractivity contribution is -0.113. The molecule has 6 heteroatoms. The van der Waals surface area contributed by atoms with Crippen LogP contribution in [-0.2, 0) is 25.3 Å². The van der Waals surface area contributed by atoms with Gasteiger partial charge in [0.25, 0.3) is 0 Å². The van der Waals surface area contributed by atoms with Crippen molar-refractivity contribution in [3.63, 3.8) is 0 Å². The van der Waals surface area contributed by atoms with Gasteiger partial charge in [-0.3, -0.25) is 0 Å². The van der Waals surface area contributed by atoms with Crippen LogP contribution in [0.15, 0.2) is 24.3 Å². The van der Waals surface area contributed by atoms with Crippen LogP contribution in [0.1, 0.15) is 53.5 Å². The predicted molar refractivity (Wildman–Crippen MR) is 120 cm³/mol. The Morgan fingerprint density at radius 3 is 2.00 bits per heavy atom. The Hall–Kier alpha value is -1.21. The molecule has 0 N–H and O–H groups in total. The third kappa shape index (κ3) is 7.85. The molecule has 0 saturated carbocycles. The highest BCUT2D eigenvalue weighted by atomic mass is 28.4. The van der Waals surface area contributed by atoms with Gasteiger partial charge in [0.2, 0.25) is 0 Å². The van der Waals surface area contributed by atoms with Crippen LogP contribution in [-0.4, -0.2) is 41.7 Å². The second kappa shape index (κ2) is 13.2. The van der Waals surface area contributed by atoms with E-state index in [0.29, 0.717) is 42.9 Å². The van der Waals surface area contributed by atoms with E-state index in [4.69, 9.17) is 18.6 Å². The van der Waals surface area contributed by atoms with E-state index in [1.54, 1.807) is 7.11 Å². The first-order valence-corrected chi connectivity index (χ1v) is 12.8. The molecule has 0 spiro atoms. The van der Waals surface area contributed by atoms with Gasteiger partial charge in [-0.2, -0.15) is 0 Å². The zero-order valence-electron chi connectivity index (χ0n) is 19.3.